The first-order chi connectivity index (χ1) is 16.0. The van der Waals surface area contributed by atoms with Gasteiger partial charge in [-0.2, -0.15) is 0 Å². The minimum atomic E-state index is -0.614. The number of hydrogen-bond acceptors (Lipinski definition) is 6. The summed E-state index contributed by atoms with van der Waals surface area (Å²) in [7, 11) is 1.37. The molecular weight excluding hydrogens is 420 g/mol. The number of pyridine rings is 1. The van der Waals surface area contributed by atoms with Gasteiger partial charge in [-0.1, -0.05) is 31.7 Å². The molecule has 8 nitrogen and oxygen atoms in total. The lowest BCUT2D eigenvalue weighted by Crippen LogP contribution is -2.58. The van der Waals surface area contributed by atoms with Gasteiger partial charge < -0.3 is 25.0 Å². The van der Waals surface area contributed by atoms with E-state index in [1.165, 1.54) is 19.1 Å². The van der Waals surface area contributed by atoms with E-state index >= 15 is 0 Å². The van der Waals surface area contributed by atoms with Crippen LogP contribution in [0.5, 0.6) is 0 Å². The molecule has 2 amide bonds. The van der Waals surface area contributed by atoms with Gasteiger partial charge in [0.05, 0.1) is 32.4 Å². The second-order valence-electron chi connectivity index (χ2n) is 9.32. The minimum absolute atomic E-state index is 0.0209. The van der Waals surface area contributed by atoms with E-state index in [4.69, 9.17) is 14.5 Å². The Morgan fingerprint density at radius 3 is 2.67 bits per heavy atom. The molecule has 1 aromatic rings. The van der Waals surface area contributed by atoms with Crippen molar-refractivity contribution in [3.05, 3.63) is 23.4 Å². The van der Waals surface area contributed by atoms with E-state index in [2.05, 4.69) is 22.8 Å². The predicted molar refractivity (Wildman–Crippen MR) is 128 cm³/mol. The predicted octanol–water partition coefficient (Wildman–Crippen LogP) is 3.68. The average Bonchev–Trinajstić information content (AvgIpc) is 2.82. The number of urea groups is 1. The first-order valence-corrected chi connectivity index (χ1v) is 12.5. The van der Waals surface area contributed by atoms with Crippen molar-refractivity contribution >= 4 is 17.8 Å². The highest BCUT2D eigenvalue weighted by molar-refractivity contribution is 5.83. The number of fused-ring (bicyclic) bond motifs is 1. The summed E-state index contributed by atoms with van der Waals surface area (Å²) >= 11 is 0. The number of amides is 2. The van der Waals surface area contributed by atoms with Gasteiger partial charge in [-0.3, -0.25) is 0 Å². The standard InChI is InChI=1S/C25H40N4O4/c1-18-16-33-17-19(2)29(18)25(31)28-22(24(30)32-3)12-8-6-4-5-7-11-21-14-13-20-10-9-15-26-23(20)27-21/h13-14,18-19,22H,4-12,15-17H2,1-3H3,(H,26,27)(H,28,31)/t18-,19+,22-/m0/s1. The molecule has 0 bridgehead atoms. The van der Waals surface area contributed by atoms with Crippen LogP contribution >= 0.6 is 0 Å². The zero-order valence-electron chi connectivity index (χ0n) is 20.4. The SMILES string of the molecule is COC(=O)[C@H](CCCCCCCc1ccc2c(n1)NCCC2)NC(=O)N1[C@H](C)COC[C@@H]1C. The first-order valence-electron chi connectivity index (χ1n) is 12.5. The summed E-state index contributed by atoms with van der Waals surface area (Å²) in [5.74, 6) is 0.680. The number of morpholine rings is 1. The molecule has 3 atom stereocenters. The summed E-state index contributed by atoms with van der Waals surface area (Å²) in [6.07, 6.45) is 9.10. The summed E-state index contributed by atoms with van der Waals surface area (Å²) in [5, 5.41) is 6.29. The molecular formula is C25H40N4O4. The molecule has 3 rings (SSSR count). The monoisotopic (exact) mass is 460 g/mol. The Balaban J connectivity index is 1.35. The maximum absolute atomic E-state index is 12.8. The highest BCUT2D eigenvalue weighted by atomic mass is 16.5. The molecule has 0 spiro atoms. The lowest BCUT2D eigenvalue weighted by atomic mass is 10.0. The zero-order chi connectivity index (χ0) is 23.6. The Hall–Kier alpha value is -2.35. The number of nitrogens with zero attached hydrogens (tertiary/aromatic N) is 2. The number of methoxy groups -OCH3 is 1. The van der Waals surface area contributed by atoms with Crippen LogP contribution in [0.25, 0.3) is 0 Å². The number of nitrogens with one attached hydrogen (secondary N) is 2. The number of carbonyl (C=O) groups excluding carboxylic acids is 2. The third-order valence-corrected chi connectivity index (χ3v) is 6.56. The second-order valence-corrected chi connectivity index (χ2v) is 9.32. The Labute approximate surface area is 197 Å². The third kappa shape index (κ3) is 7.32. The number of ether oxygens (including phenoxy) is 2. The van der Waals surface area contributed by atoms with Crippen molar-refractivity contribution in [2.75, 3.05) is 32.2 Å². The van der Waals surface area contributed by atoms with Crippen LogP contribution in [0.1, 0.15) is 70.1 Å². The lowest BCUT2D eigenvalue weighted by molar-refractivity contribution is -0.143. The molecule has 0 aromatic carbocycles. The molecule has 33 heavy (non-hydrogen) atoms. The van der Waals surface area contributed by atoms with Crippen molar-refractivity contribution in [2.24, 2.45) is 0 Å². The molecule has 8 heteroatoms. The Morgan fingerprint density at radius 2 is 1.91 bits per heavy atom. The van der Waals surface area contributed by atoms with Gasteiger partial charge >= 0.3 is 12.0 Å². The van der Waals surface area contributed by atoms with Crippen LogP contribution in [0.15, 0.2) is 12.1 Å². The first kappa shape index (κ1) is 25.3. The Kier molecular flexibility index (Phi) is 9.78. The van der Waals surface area contributed by atoms with E-state index < -0.39 is 6.04 Å². The van der Waals surface area contributed by atoms with Crippen LogP contribution in [-0.2, 0) is 27.1 Å². The molecule has 1 aromatic heterocycles. The summed E-state index contributed by atoms with van der Waals surface area (Å²) < 4.78 is 10.4. The number of esters is 1. The van der Waals surface area contributed by atoms with Gasteiger partial charge in [0.15, 0.2) is 0 Å². The maximum atomic E-state index is 12.8. The summed E-state index contributed by atoms with van der Waals surface area (Å²) in [4.78, 5) is 31.5. The van der Waals surface area contributed by atoms with E-state index in [1.54, 1.807) is 4.90 Å². The van der Waals surface area contributed by atoms with Gasteiger partial charge in [-0.25, -0.2) is 14.6 Å². The fourth-order valence-corrected chi connectivity index (χ4v) is 4.71. The van der Waals surface area contributed by atoms with Crippen LogP contribution in [0.4, 0.5) is 10.6 Å². The molecule has 0 aliphatic carbocycles. The largest absolute Gasteiger partial charge is 0.467 e. The molecule has 0 unspecified atom stereocenters. The van der Waals surface area contributed by atoms with Crippen LogP contribution in [0, 0.1) is 0 Å². The molecule has 184 valence electrons. The topological polar surface area (TPSA) is 92.8 Å². The van der Waals surface area contributed by atoms with Gasteiger partial charge in [0.2, 0.25) is 0 Å². The lowest BCUT2D eigenvalue weighted by Gasteiger charge is -2.39. The van der Waals surface area contributed by atoms with Crippen molar-refractivity contribution in [3.8, 4) is 0 Å². The Bertz CT molecular complexity index is 778. The van der Waals surface area contributed by atoms with Gasteiger partial charge in [-0.05, 0) is 57.6 Å². The number of carbonyl (C=O) groups is 2. The molecule has 2 aliphatic rings. The quantitative estimate of drug-likeness (QED) is 0.409. The smallest absolute Gasteiger partial charge is 0.328 e. The number of unbranched alkanes of at least 4 members (excludes halogenated alkanes) is 4. The van der Waals surface area contributed by atoms with Gasteiger partial charge in [0.1, 0.15) is 11.9 Å². The van der Waals surface area contributed by atoms with Gasteiger partial charge in [0.25, 0.3) is 0 Å². The minimum Gasteiger partial charge on any atom is -0.467 e. The summed E-state index contributed by atoms with van der Waals surface area (Å²) in [5.41, 5.74) is 2.48. The average molecular weight is 461 g/mol. The fraction of sp³-hybridized carbons (Fsp3) is 0.720. The normalized spacial score (nSPS) is 21.0. The highest BCUT2D eigenvalue weighted by Gasteiger charge is 2.32. The van der Waals surface area contributed by atoms with Crippen LogP contribution in [0.2, 0.25) is 0 Å². The number of anilines is 1. The summed E-state index contributed by atoms with van der Waals surface area (Å²) in [6, 6.07) is 3.49. The Morgan fingerprint density at radius 1 is 1.18 bits per heavy atom. The van der Waals surface area contributed by atoms with Gasteiger partial charge in [-0.15, -0.1) is 0 Å². The van der Waals surface area contributed by atoms with Crippen LogP contribution in [-0.4, -0.2) is 66.9 Å². The zero-order valence-corrected chi connectivity index (χ0v) is 20.4. The number of rotatable bonds is 10. The summed E-state index contributed by atoms with van der Waals surface area (Å²) in [6.45, 7) is 5.95. The van der Waals surface area contributed by atoms with E-state index in [9.17, 15) is 9.59 Å². The highest BCUT2D eigenvalue weighted by Crippen LogP contribution is 2.21. The second kappa shape index (κ2) is 12.8. The number of hydrogen-bond donors (Lipinski definition) is 2. The molecule has 2 N–H and O–H groups in total. The van der Waals surface area contributed by atoms with E-state index in [0.29, 0.717) is 19.6 Å². The van der Waals surface area contributed by atoms with Crippen molar-refractivity contribution in [1.82, 2.24) is 15.2 Å². The van der Waals surface area contributed by atoms with E-state index in [0.717, 1.165) is 63.0 Å². The molecule has 0 saturated carbocycles. The number of aromatic nitrogens is 1. The molecule has 3 heterocycles. The molecule has 2 aliphatic heterocycles. The van der Waals surface area contributed by atoms with Crippen molar-refractivity contribution in [3.63, 3.8) is 0 Å². The molecule has 1 saturated heterocycles. The molecule has 1 fully saturated rings. The van der Waals surface area contributed by atoms with Crippen LogP contribution in [0.3, 0.4) is 0 Å². The van der Waals surface area contributed by atoms with Crippen molar-refractivity contribution in [2.45, 2.75) is 89.8 Å². The number of aryl methyl sites for hydroxylation is 2. The van der Waals surface area contributed by atoms with E-state index in [-0.39, 0.29) is 24.1 Å². The van der Waals surface area contributed by atoms with E-state index in [1.807, 2.05) is 13.8 Å². The van der Waals surface area contributed by atoms with Crippen LogP contribution < -0.4 is 10.6 Å². The third-order valence-electron chi connectivity index (χ3n) is 6.56. The maximum Gasteiger partial charge on any atom is 0.328 e. The fourth-order valence-electron chi connectivity index (χ4n) is 4.71. The van der Waals surface area contributed by atoms with Gasteiger partial charge in [0, 0.05) is 12.2 Å². The molecule has 0 radical (unpaired) electrons. The van der Waals surface area contributed by atoms with Crippen molar-refractivity contribution in [1.29, 1.82) is 0 Å². The van der Waals surface area contributed by atoms with Crippen molar-refractivity contribution < 1.29 is 19.1 Å².